The van der Waals surface area contributed by atoms with Crippen molar-refractivity contribution in [1.82, 2.24) is 4.90 Å². The largest absolute Gasteiger partial charge is 0.395 e. The zero-order chi connectivity index (χ0) is 14.8. The molecule has 1 aromatic carbocycles. The summed E-state index contributed by atoms with van der Waals surface area (Å²) < 4.78 is 0. The Balaban J connectivity index is 2.62. The lowest BCUT2D eigenvalue weighted by Crippen LogP contribution is -2.35. The van der Waals surface area contributed by atoms with Crippen LogP contribution >= 0.6 is 11.8 Å². The highest BCUT2D eigenvalue weighted by Gasteiger charge is 2.10. The third kappa shape index (κ3) is 5.77. The van der Waals surface area contributed by atoms with E-state index in [9.17, 15) is 4.79 Å². The highest BCUT2D eigenvalue weighted by Crippen LogP contribution is 2.26. The van der Waals surface area contributed by atoms with Crippen molar-refractivity contribution < 1.29 is 9.90 Å². The molecule has 4 nitrogen and oxygen atoms in total. The number of amides is 1. The number of carbonyl (C=O) groups is 1. The molecule has 20 heavy (non-hydrogen) atoms. The zero-order valence-corrected chi connectivity index (χ0v) is 12.7. The molecule has 0 bridgehead atoms. The number of nitrogens with one attached hydrogen (secondary N) is 1. The standard InChI is InChI=1S/C15H22N2O2S/c1-3-11-20-14-8-6-5-7-13(14)16-15(19)12-17(4-2)9-10-18/h3,5-8,18H,1,4,9-12H2,2H3,(H,16,19). The Hall–Kier alpha value is -1.30. The van der Waals surface area contributed by atoms with Crippen molar-refractivity contribution >= 4 is 23.4 Å². The van der Waals surface area contributed by atoms with Crippen LogP contribution in [0.4, 0.5) is 5.69 Å². The minimum absolute atomic E-state index is 0.0624. The van der Waals surface area contributed by atoms with E-state index >= 15 is 0 Å². The predicted molar refractivity (Wildman–Crippen MR) is 85.2 cm³/mol. The van der Waals surface area contributed by atoms with Crippen LogP contribution in [-0.4, -0.2) is 47.9 Å². The first-order valence-corrected chi connectivity index (χ1v) is 7.65. The van der Waals surface area contributed by atoms with E-state index in [0.717, 1.165) is 22.9 Å². The van der Waals surface area contributed by atoms with Crippen LogP contribution in [0.3, 0.4) is 0 Å². The third-order valence-corrected chi connectivity index (χ3v) is 3.82. The van der Waals surface area contributed by atoms with Crippen LogP contribution in [0.15, 0.2) is 41.8 Å². The molecule has 110 valence electrons. The molecule has 0 aliphatic heterocycles. The van der Waals surface area contributed by atoms with Gasteiger partial charge in [0.25, 0.3) is 0 Å². The molecule has 0 heterocycles. The summed E-state index contributed by atoms with van der Waals surface area (Å²) in [6, 6.07) is 7.73. The van der Waals surface area contributed by atoms with Crippen molar-refractivity contribution in [2.45, 2.75) is 11.8 Å². The zero-order valence-electron chi connectivity index (χ0n) is 11.8. The number of hydrogen-bond acceptors (Lipinski definition) is 4. The van der Waals surface area contributed by atoms with Gasteiger partial charge >= 0.3 is 0 Å². The summed E-state index contributed by atoms with van der Waals surface area (Å²) in [6.07, 6.45) is 1.84. The molecule has 0 saturated carbocycles. The van der Waals surface area contributed by atoms with Gasteiger partial charge in [0, 0.05) is 17.2 Å². The van der Waals surface area contributed by atoms with Crippen LogP contribution in [0.5, 0.6) is 0 Å². The van der Waals surface area contributed by atoms with Gasteiger partial charge < -0.3 is 10.4 Å². The number of thioether (sulfide) groups is 1. The molecule has 0 atom stereocenters. The van der Waals surface area contributed by atoms with Gasteiger partial charge in [-0.15, -0.1) is 18.3 Å². The molecule has 2 N–H and O–H groups in total. The summed E-state index contributed by atoms with van der Waals surface area (Å²) in [4.78, 5) is 14.9. The van der Waals surface area contributed by atoms with Gasteiger partial charge in [-0.1, -0.05) is 25.1 Å². The summed E-state index contributed by atoms with van der Waals surface area (Å²) in [5, 5.41) is 11.9. The predicted octanol–water partition coefficient (Wildman–Crippen LogP) is 2.22. The number of nitrogens with zero attached hydrogens (tertiary/aromatic N) is 1. The fourth-order valence-corrected chi connectivity index (χ4v) is 2.47. The fraction of sp³-hybridized carbons (Fsp3) is 0.400. The second kappa shape index (κ2) is 9.58. The van der Waals surface area contributed by atoms with Crippen molar-refractivity contribution in [1.29, 1.82) is 0 Å². The molecule has 1 amide bonds. The molecular weight excluding hydrogens is 272 g/mol. The van der Waals surface area contributed by atoms with E-state index < -0.39 is 0 Å². The van der Waals surface area contributed by atoms with E-state index in [1.54, 1.807) is 11.8 Å². The summed E-state index contributed by atoms with van der Waals surface area (Å²) >= 11 is 1.64. The maximum atomic E-state index is 12.0. The molecule has 0 spiro atoms. The second-order valence-corrected chi connectivity index (χ2v) is 5.30. The van der Waals surface area contributed by atoms with Gasteiger partial charge in [-0.3, -0.25) is 9.69 Å². The van der Waals surface area contributed by atoms with Crippen LogP contribution in [0.25, 0.3) is 0 Å². The highest BCUT2D eigenvalue weighted by atomic mass is 32.2. The highest BCUT2D eigenvalue weighted by molar-refractivity contribution is 7.99. The molecule has 0 aromatic heterocycles. The monoisotopic (exact) mass is 294 g/mol. The molecule has 0 unspecified atom stereocenters. The van der Waals surface area contributed by atoms with E-state index in [4.69, 9.17) is 5.11 Å². The van der Waals surface area contributed by atoms with E-state index in [2.05, 4.69) is 11.9 Å². The smallest absolute Gasteiger partial charge is 0.238 e. The first kappa shape index (κ1) is 16.8. The third-order valence-electron chi connectivity index (χ3n) is 2.75. The van der Waals surface area contributed by atoms with Gasteiger partial charge in [-0.2, -0.15) is 0 Å². The van der Waals surface area contributed by atoms with Crippen LogP contribution < -0.4 is 5.32 Å². The van der Waals surface area contributed by atoms with Crippen molar-refractivity contribution in [2.75, 3.05) is 37.3 Å². The Morgan fingerprint density at radius 1 is 1.50 bits per heavy atom. The first-order chi connectivity index (χ1) is 9.71. The van der Waals surface area contributed by atoms with E-state index in [1.165, 1.54) is 0 Å². The van der Waals surface area contributed by atoms with Crippen molar-refractivity contribution in [2.24, 2.45) is 0 Å². The Morgan fingerprint density at radius 3 is 2.90 bits per heavy atom. The van der Waals surface area contributed by atoms with Gasteiger partial charge in [0.2, 0.25) is 5.91 Å². The fourth-order valence-electron chi connectivity index (χ4n) is 1.73. The number of benzene rings is 1. The van der Waals surface area contributed by atoms with E-state index in [-0.39, 0.29) is 19.1 Å². The summed E-state index contributed by atoms with van der Waals surface area (Å²) in [5.41, 5.74) is 0.824. The maximum absolute atomic E-state index is 12.0. The number of anilines is 1. The number of aliphatic hydroxyl groups is 1. The van der Waals surface area contributed by atoms with Crippen LogP contribution in [0.1, 0.15) is 6.92 Å². The van der Waals surface area contributed by atoms with Crippen molar-refractivity contribution in [3.05, 3.63) is 36.9 Å². The Kier molecular flexibility index (Phi) is 8.02. The van der Waals surface area contributed by atoms with E-state index in [0.29, 0.717) is 6.54 Å². The molecule has 1 rings (SSSR count). The molecular formula is C15H22N2O2S. The molecule has 0 saturated heterocycles. The van der Waals surface area contributed by atoms with Gasteiger partial charge in [-0.25, -0.2) is 0 Å². The SMILES string of the molecule is C=CCSc1ccccc1NC(=O)CN(CC)CCO. The minimum Gasteiger partial charge on any atom is -0.395 e. The Labute approximate surface area is 124 Å². The van der Waals surface area contributed by atoms with Gasteiger partial charge in [-0.05, 0) is 18.7 Å². The summed E-state index contributed by atoms with van der Waals surface area (Å²) in [7, 11) is 0. The lowest BCUT2D eigenvalue weighted by molar-refractivity contribution is -0.117. The Morgan fingerprint density at radius 2 is 2.25 bits per heavy atom. The van der Waals surface area contributed by atoms with Gasteiger partial charge in [0.1, 0.15) is 0 Å². The quantitative estimate of drug-likeness (QED) is 0.541. The molecule has 0 aliphatic rings. The normalized spacial score (nSPS) is 10.6. The van der Waals surface area contributed by atoms with E-state index in [1.807, 2.05) is 42.2 Å². The van der Waals surface area contributed by atoms with Crippen molar-refractivity contribution in [3.63, 3.8) is 0 Å². The molecule has 0 fully saturated rings. The van der Waals surface area contributed by atoms with Crippen molar-refractivity contribution in [3.8, 4) is 0 Å². The first-order valence-electron chi connectivity index (χ1n) is 6.67. The molecule has 5 heteroatoms. The second-order valence-electron chi connectivity index (χ2n) is 4.24. The lowest BCUT2D eigenvalue weighted by atomic mass is 10.3. The summed E-state index contributed by atoms with van der Waals surface area (Å²) in [6.45, 7) is 7.27. The molecule has 0 aliphatic carbocycles. The number of aliphatic hydroxyl groups excluding tert-OH is 1. The Bertz CT molecular complexity index is 438. The number of carbonyl (C=O) groups excluding carboxylic acids is 1. The van der Waals surface area contributed by atoms with Gasteiger partial charge in [0.05, 0.1) is 18.8 Å². The average molecular weight is 294 g/mol. The topological polar surface area (TPSA) is 52.6 Å². The minimum atomic E-state index is -0.0630. The van der Waals surface area contributed by atoms with Crippen LogP contribution in [0.2, 0.25) is 0 Å². The number of para-hydroxylation sites is 1. The van der Waals surface area contributed by atoms with Crippen LogP contribution in [-0.2, 0) is 4.79 Å². The molecule has 0 radical (unpaired) electrons. The molecule has 1 aromatic rings. The number of likely N-dealkylation sites (N-methyl/N-ethyl adjacent to an activating group) is 1. The van der Waals surface area contributed by atoms with Crippen LogP contribution in [0, 0.1) is 0 Å². The maximum Gasteiger partial charge on any atom is 0.238 e. The average Bonchev–Trinajstić information content (AvgIpc) is 2.45. The van der Waals surface area contributed by atoms with Gasteiger partial charge in [0.15, 0.2) is 0 Å². The number of hydrogen-bond donors (Lipinski definition) is 2. The number of rotatable bonds is 9. The summed E-state index contributed by atoms with van der Waals surface area (Å²) in [5.74, 6) is 0.741. The lowest BCUT2D eigenvalue weighted by Gasteiger charge is -2.19.